The molecular formula is C15H23N3O4S. The first-order valence-electron chi connectivity index (χ1n) is 7.68. The second kappa shape index (κ2) is 8.39. The Hall–Kier alpha value is -1.48. The monoisotopic (exact) mass is 341 g/mol. The van der Waals surface area contributed by atoms with E-state index in [0.29, 0.717) is 26.2 Å². The molecule has 1 fully saturated rings. The Bertz CT molecular complexity index is 610. The fourth-order valence-corrected chi connectivity index (χ4v) is 3.36. The number of sulfonamides is 1. The summed E-state index contributed by atoms with van der Waals surface area (Å²) in [5, 5.41) is 2.72. The number of rotatable bonds is 8. The van der Waals surface area contributed by atoms with Gasteiger partial charge in [-0.25, -0.2) is 13.1 Å². The molecule has 0 spiro atoms. The summed E-state index contributed by atoms with van der Waals surface area (Å²) in [4.78, 5) is 11.5. The molecule has 7 nitrogen and oxygen atoms in total. The molecule has 1 aliphatic rings. The number of carbonyl (C=O) groups excluding carboxylic acids is 1. The predicted molar refractivity (Wildman–Crippen MR) is 86.1 cm³/mol. The summed E-state index contributed by atoms with van der Waals surface area (Å²) < 4.78 is 32.4. The molecule has 128 valence electrons. The van der Waals surface area contributed by atoms with E-state index in [1.54, 1.807) is 12.1 Å². The molecule has 1 heterocycles. The highest BCUT2D eigenvalue weighted by Gasteiger charge is 2.20. The second-order valence-electron chi connectivity index (χ2n) is 5.45. The van der Waals surface area contributed by atoms with Crippen molar-refractivity contribution in [3.63, 3.8) is 0 Å². The first-order valence-corrected chi connectivity index (χ1v) is 9.16. The van der Waals surface area contributed by atoms with Crippen molar-refractivity contribution in [2.24, 2.45) is 5.73 Å². The van der Waals surface area contributed by atoms with Crippen molar-refractivity contribution >= 4 is 15.9 Å². The third kappa shape index (κ3) is 5.58. The maximum atomic E-state index is 12.2. The van der Waals surface area contributed by atoms with Gasteiger partial charge >= 0.3 is 0 Å². The minimum absolute atomic E-state index is 0.0400. The Morgan fingerprint density at radius 3 is 2.65 bits per heavy atom. The number of amides is 1. The lowest BCUT2D eigenvalue weighted by Crippen LogP contribution is -2.31. The van der Waals surface area contributed by atoms with Gasteiger partial charge < -0.3 is 15.8 Å². The van der Waals surface area contributed by atoms with Crippen LogP contribution in [0.5, 0.6) is 0 Å². The molecule has 1 aliphatic heterocycles. The molecule has 4 N–H and O–H groups in total. The summed E-state index contributed by atoms with van der Waals surface area (Å²) in [6.45, 7) is 1.64. The Morgan fingerprint density at radius 2 is 2.04 bits per heavy atom. The summed E-state index contributed by atoms with van der Waals surface area (Å²) in [5.74, 6) is -0.123. The van der Waals surface area contributed by atoms with Gasteiger partial charge in [0.25, 0.3) is 0 Å². The van der Waals surface area contributed by atoms with E-state index in [4.69, 9.17) is 10.5 Å². The number of ether oxygens (including phenoxy) is 1. The fraction of sp³-hybridized carbons (Fsp3) is 0.533. The summed E-state index contributed by atoms with van der Waals surface area (Å²) >= 11 is 0. The summed E-state index contributed by atoms with van der Waals surface area (Å²) in [5.41, 5.74) is 6.12. The fourth-order valence-electron chi connectivity index (χ4n) is 2.30. The van der Waals surface area contributed by atoms with Crippen molar-refractivity contribution < 1.29 is 17.9 Å². The molecule has 1 saturated heterocycles. The summed E-state index contributed by atoms with van der Waals surface area (Å²) in [6, 6.07) is 6.43. The predicted octanol–water partition coefficient (Wildman–Crippen LogP) is 0.109. The number of nitrogens with two attached hydrogens (primary N) is 1. The van der Waals surface area contributed by atoms with Crippen molar-refractivity contribution in [1.82, 2.24) is 10.0 Å². The minimum Gasteiger partial charge on any atom is -0.377 e. The van der Waals surface area contributed by atoms with Crippen LogP contribution in [0.3, 0.4) is 0 Å². The summed E-state index contributed by atoms with van der Waals surface area (Å²) in [6.07, 6.45) is 2.09. The van der Waals surface area contributed by atoms with Crippen LogP contribution in [0.2, 0.25) is 0 Å². The maximum Gasteiger partial charge on any atom is 0.240 e. The summed E-state index contributed by atoms with van der Waals surface area (Å²) in [7, 11) is -3.54. The van der Waals surface area contributed by atoms with Crippen molar-refractivity contribution in [3.05, 3.63) is 29.8 Å². The van der Waals surface area contributed by atoms with Crippen molar-refractivity contribution in [2.45, 2.75) is 36.8 Å². The molecule has 0 aromatic heterocycles. The first-order chi connectivity index (χ1) is 11.0. The number of hydrogen-bond donors (Lipinski definition) is 3. The van der Waals surface area contributed by atoms with Gasteiger partial charge in [-0.2, -0.15) is 0 Å². The van der Waals surface area contributed by atoms with Crippen LogP contribution in [0.25, 0.3) is 0 Å². The third-order valence-corrected chi connectivity index (χ3v) is 5.06. The lowest BCUT2D eigenvalue weighted by atomic mass is 10.2. The number of nitrogens with one attached hydrogen (secondary N) is 2. The standard InChI is InChI=1S/C15H23N3O4S/c16-8-7-15(19)17-10-12-3-5-14(6-4-12)23(20,21)18-11-13-2-1-9-22-13/h3-6,13,18H,1-2,7-11,16H2,(H,17,19). The van der Waals surface area contributed by atoms with Crippen LogP contribution in [0.4, 0.5) is 0 Å². The van der Waals surface area contributed by atoms with Crippen LogP contribution in [-0.2, 0) is 26.1 Å². The van der Waals surface area contributed by atoms with E-state index in [-0.39, 0.29) is 23.3 Å². The van der Waals surface area contributed by atoms with Crippen LogP contribution in [-0.4, -0.2) is 40.1 Å². The van der Waals surface area contributed by atoms with Gasteiger partial charge in [-0.05, 0) is 30.5 Å². The van der Waals surface area contributed by atoms with E-state index in [0.717, 1.165) is 18.4 Å². The van der Waals surface area contributed by atoms with Gasteiger partial charge in [-0.1, -0.05) is 12.1 Å². The lowest BCUT2D eigenvalue weighted by molar-refractivity contribution is -0.121. The van der Waals surface area contributed by atoms with Crippen LogP contribution in [0.1, 0.15) is 24.8 Å². The van der Waals surface area contributed by atoms with Gasteiger partial charge in [-0.15, -0.1) is 0 Å². The van der Waals surface area contributed by atoms with Gasteiger partial charge in [0.2, 0.25) is 15.9 Å². The Kier molecular flexibility index (Phi) is 6.52. The maximum absolute atomic E-state index is 12.2. The molecule has 23 heavy (non-hydrogen) atoms. The SMILES string of the molecule is NCCC(=O)NCc1ccc(S(=O)(=O)NCC2CCCO2)cc1. The zero-order chi connectivity index (χ0) is 16.7. The highest BCUT2D eigenvalue weighted by atomic mass is 32.2. The molecule has 0 bridgehead atoms. The van der Waals surface area contributed by atoms with Gasteiger partial charge in [0.15, 0.2) is 0 Å². The Morgan fingerprint density at radius 1 is 1.30 bits per heavy atom. The molecule has 2 rings (SSSR count). The molecule has 1 atom stereocenters. The molecule has 8 heteroatoms. The molecule has 0 aliphatic carbocycles. The van der Waals surface area contributed by atoms with E-state index < -0.39 is 10.0 Å². The van der Waals surface area contributed by atoms with Crippen LogP contribution in [0, 0.1) is 0 Å². The number of benzene rings is 1. The van der Waals surface area contributed by atoms with Crippen LogP contribution >= 0.6 is 0 Å². The van der Waals surface area contributed by atoms with Crippen LogP contribution in [0.15, 0.2) is 29.2 Å². The third-order valence-electron chi connectivity index (χ3n) is 3.62. The van der Waals surface area contributed by atoms with E-state index >= 15 is 0 Å². The van der Waals surface area contributed by atoms with Crippen LogP contribution < -0.4 is 15.8 Å². The van der Waals surface area contributed by atoms with Gasteiger partial charge in [0, 0.05) is 32.7 Å². The van der Waals surface area contributed by atoms with E-state index in [1.807, 2.05) is 0 Å². The Balaban J connectivity index is 1.88. The lowest BCUT2D eigenvalue weighted by Gasteiger charge is -2.12. The van der Waals surface area contributed by atoms with Gasteiger partial charge in [0.1, 0.15) is 0 Å². The molecule has 0 saturated carbocycles. The molecule has 1 aromatic rings. The zero-order valence-corrected chi connectivity index (χ0v) is 13.8. The average molecular weight is 341 g/mol. The molecule has 1 unspecified atom stereocenters. The number of hydrogen-bond acceptors (Lipinski definition) is 5. The molecule has 1 amide bonds. The highest BCUT2D eigenvalue weighted by Crippen LogP contribution is 2.14. The van der Waals surface area contributed by atoms with Crippen molar-refractivity contribution in [3.8, 4) is 0 Å². The highest BCUT2D eigenvalue weighted by molar-refractivity contribution is 7.89. The van der Waals surface area contributed by atoms with Crippen molar-refractivity contribution in [2.75, 3.05) is 19.7 Å². The zero-order valence-electron chi connectivity index (χ0n) is 13.0. The molecule has 0 radical (unpaired) electrons. The normalized spacial score (nSPS) is 18.0. The van der Waals surface area contributed by atoms with Crippen molar-refractivity contribution in [1.29, 1.82) is 0 Å². The minimum atomic E-state index is -3.54. The second-order valence-corrected chi connectivity index (χ2v) is 7.21. The molecular weight excluding hydrogens is 318 g/mol. The first kappa shape index (κ1) is 17.9. The smallest absolute Gasteiger partial charge is 0.240 e. The van der Waals surface area contributed by atoms with Gasteiger partial charge in [0.05, 0.1) is 11.0 Å². The topological polar surface area (TPSA) is 111 Å². The quantitative estimate of drug-likeness (QED) is 0.621. The largest absolute Gasteiger partial charge is 0.377 e. The molecule has 1 aromatic carbocycles. The number of carbonyl (C=O) groups is 1. The Labute approximate surface area is 136 Å². The van der Waals surface area contributed by atoms with E-state index in [1.165, 1.54) is 12.1 Å². The van der Waals surface area contributed by atoms with E-state index in [9.17, 15) is 13.2 Å². The van der Waals surface area contributed by atoms with Gasteiger partial charge in [-0.3, -0.25) is 4.79 Å². The van der Waals surface area contributed by atoms with E-state index in [2.05, 4.69) is 10.0 Å². The average Bonchev–Trinajstić information content (AvgIpc) is 3.05.